The van der Waals surface area contributed by atoms with E-state index in [0.29, 0.717) is 17.3 Å². The van der Waals surface area contributed by atoms with Crippen LogP contribution in [0.5, 0.6) is 5.75 Å². The van der Waals surface area contributed by atoms with E-state index in [1.54, 1.807) is 14.1 Å². The molecule has 0 unspecified atom stereocenters. The molecule has 0 radical (unpaired) electrons. The van der Waals surface area contributed by atoms with E-state index in [-0.39, 0.29) is 18.1 Å². The second-order valence-electron chi connectivity index (χ2n) is 5.90. The van der Waals surface area contributed by atoms with E-state index in [4.69, 9.17) is 16.3 Å². The van der Waals surface area contributed by atoms with Crippen LogP contribution in [-0.4, -0.2) is 37.0 Å². The summed E-state index contributed by atoms with van der Waals surface area (Å²) in [5, 5.41) is 4.01. The Bertz CT molecular complexity index is 467. The fraction of sp³-hybridized carbons (Fsp3) is 0.533. The van der Waals surface area contributed by atoms with Crippen LogP contribution in [0, 0.1) is 0 Å². The van der Waals surface area contributed by atoms with Crippen LogP contribution in [-0.2, 0) is 11.3 Å². The summed E-state index contributed by atoms with van der Waals surface area (Å²) in [6.45, 7) is 6.85. The van der Waals surface area contributed by atoms with Crippen molar-refractivity contribution < 1.29 is 9.53 Å². The number of hydrogen-bond acceptors (Lipinski definition) is 3. The number of hydrogen-bond donors (Lipinski definition) is 1. The first-order valence-electron chi connectivity index (χ1n) is 6.56. The number of amides is 1. The average molecular weight is 299 g/mol. The highest BCUT2D eigenvalue weighted by molar-refractivity contribution is 6.31. The molecule has 1 rings (SSSR count). The zero-order valence-electron chi connectivity index (χ0n) is 12.8. The van der Waals surface area contributed by atoms with Crippen molar-refractivity contribution in [2.24, 2.45) is 0 Å². The number of carbonyl (C=O) groups excluding carboxylic acids is 1. The fourth-order valence-corrected chi connectivity index (χ4v) is 1.70. The van der Waals surface area contributed by atoms with Crippen LogP contribution in [0.2, 0.25) is 5.02 Å². The van der Waals surface area contributed by atoms with Crippen molar-refractivity contribution >= 4 is 17.5 Å². The molecule has 0 bridgehead atoms. The molecule has 112 valence electrons. The Balaban J connectivity index is 2.80. The molecule has 1 N–H and O–H groups in total. The molecule has 20 heavy (non-hydrogen) atoms. The molecule has 5 heteroatoms. The molecule has 1 aromatic carbocycles. The molecule has 1 amide bonds. The Morgan fingerprint density at radius 2 is 2.00 bits per heavy atom. The molecule has 0 heterocycles. The molecule has 0 aliphatic carbocycles. The molecule has 0 atom stereocenters. The molecule has 4 nitrogen and oxygen atoms in total. The molecular weight excluding hydrogens is 276 g/mol. The zero-order chi connectivity index (χ0) is 15.3. The van der Waals surface area contributed by atoms with E-state index in [9.17, 15) is 4.79 Å². The second-order valence-corrected chi connectivity index (χ2v) is 6.30. The standard InChI is InChI=1S/C15H23ClN2O2/c1-15(2,3)17-9-11-12(16)7-6-8-13(11)20-10-14(19)18(4)5/h6-8,17H,9-10H2,1-5H3. The Morgan fingerprint density at radius 1 is 1.35 bits per heavy atom. The number of likely N-dealkylation sites (N-methyl/N-ethyl adjacent to an activating group) is 1. The highest BCUT2D eigenvalue weighted by atomic mass is 35.5. The van der Waals surface area contributed by atoms with Gasteiger partial charge in [-0.15, -0.1) is 0 Å². The van der Waals surface area contributed by atoms with Crippen LogP contribution in [0.25, 0.3) is 0 Å². The fourth-order valence-electron chi connectivity index (χ4n) is 1.47. The predicted molar refractivity (Wildman–Crippen MR) is 82.2 cm³/mol. The molecule has 0 saturated heterocycles. The van der Waals surface area contributed by atoms with Gasteiger partial charge in [0.2, 0.25) is 0 Å². The third kappa shape index (κ3) is 5.39. The van der Waals surface area contributed by atoms with Gasteiger partial charge in [-0.2, -0.15) is 0 Å². The topological polar surface area (TPSA) is 41.6 Å². The quantitative estimate of drug-likeness (QED) is 0.909. The molecule has 0 aliphatic heterocycles. The van der Waals surface area contributed by atoms with Crippen molar-refractivity contribution in [3.63, 3.8) is 0 Å². The number of halogens is 1. The average Bonchev–Trinajstić information content (AvgIpc) is 2.33. The Morgan fingerprint density at radius 3 is 2.55 bits per heavy atom. The van der Waals surface area contributed by atoms with Gasteiger partial charge in [0.05, 0.1) is 0 Å². The van der Waals surface area contributed by atoms with Crippen LogP contribution in [0.15, 0.2) is 18.2 Å². The van der Waals surface area contributed by atoms with Gasteiger partial charge in [-0.1, -0.05) is 17.7 Å². The van der Waals surface area contributed by atoms with Crippen molar-refractivity contribution in [2.45, 2.75) is 32.9 Å². The summed E-state index contributed by atoms with van der Waals surface area (Å²) in [6.07, 6.45) is 0. The summed E-state index contributed by atoms with van der Waals surface area (Å²) in [7, 11) is 3.40. The van der Waals surface area contributed by atoms with Gasteiger partial charge in [-0.3, -0.25) is 4.79 Å². The van der Waals surface area contributed by atoms with Crippen LogP contribution in [0.4, 0.5) is 0 Å². The molecule has 0 fully saturated rings. The number of carbonyl (C=O) groups is 1. The number of benzene rings is 1. The van der Waals surface area contributed by atoms with E-state index in [1.807, 2.05) is 18.2 Å². The molecule has 0 aromatic heterocycles. The monoisotopic (exact) mass is 298 g/mol. The summed E-state index contributed by atoms with van der Waals surface area (Å²) in [5.74, 6) is 0.559. The van der Waals surface area contributed by atoms with E-state index in [0.717, 1.165) is 5.56 Å². The van der Waals surface area contributed by atoms with Crippen molar-refractivity contribution in [1.82, 2.24) is 10.2 Å². The van der Waals surface area contributed by atoms with Gasteiger partial charge in [-0.25, -0.2) is 0 Å². The summed E-state index contributed by atoms with van der Waals surface area (Å²) < 4.78 is 5.59. The lowest BCUT2D eigenvalue weighted by molar-refractivity contribution is -0.130. The predicted octanol–water partition coefficient (Wildman–Crippen LogP) is 2.70. The first-order chi connectivity index (χ1) is 9.20. The summed E-state index contributed by atoms with van der Waals surface area (Å²) in [4.78, 5) is 13.1. The van der Waals surface area contributed by atoms with Gasteiger partial charge in [0.15, 0.2) is 6.61 Å². The van der Waals surface area contributed by atoms with Crippen LogP contribution in [0.1, 0.15) is 26.3 Å². The van der Waals surface area contributed by atoms with E-state index in [1.165, 1.54) is 4.90 Å². The van der Waals surface area contributed by atoms with Gasteiger partial charge in [0.1, 0.15) is 5.75 Å². The van der Waals surface area contributed by atoms with Crippen LogP contribution < -0.4 is 10.1 Å². The molecule has 0 saturated carbocycles. The smallest absolute Gasteiger partial charge is 0.259 e. The van der Waals surface area contributed by atoms with Gasteiger partial charge >= 0.3 is 0 Å². The van der Waals surface area contributed by atoms with Gasteiger partial charge in [-0.05, 0) is 32.9 Å². The van der Waals surface area contributed by atoms with Gasteiger partial charge < -0.3 is 15.0 Å². The lowest BCUT2D eigenvalue weighted by Gasteiger charge is -2.22. The third-order valence-corrected chi connectivity index (χ3v) is 3.08. The minimum absolute atomic E-state index is 0.00978. The third-order valence-electron chi connectivity index (χ3n) is 2.72. The number of nitrogens with one attached hydrogen (secondary N) is 1. The maximum atomic E-state index is 11.6. The second kappa shape index (κ2) is 6.95. The molecule has 0 spiro atoms. The Kier molecular flexibility index (Phi) is 5.84. The maximum absolute atomic E-state index is 11.6. The van der Waals surface area contributed by atoms with Crippen molar-refractivity contribution in [1.29, 1.82) is 0 Å². The number of ether oxygens (including phenoxy) is 1. The van der Waals surface area contributed by atoms with Crippen molar-refractivity contribution in [2.75, 3.05) is 20.7 Å². The normalized spacial score (nSPS) is 11.3. The maximum Gasteiger partial charge on any atom is 0.259 e. The highest BCUT2D eigenvalue weighted by Gasteiger charge is 2.14. The molecule has 1 aromatic rings. The molecular formula is C15H23ClN2O2. The van der Waals surface area contributed by atoms with Crippen LogP contribution >= 0.6 is 11.6 Å². The zero-order valence-corrected chi connectivity index (χ0v) is 13.5. The Hall–Kier alpha value is -1.26. The molecule has 0 aliphatic rings. The minimum Gasteiger partial charge on any atom is -0.483 e. The lowest BCUT2D eigenvalue weighted by atomic mass is 10.1. The summed E-state index contributed by atoms with van der Waals surface area (Å²) in [5.41, 5.74) is 0.853. The van der Waals surface area contributed by atoms with E-state index < -0.39 is 0 Å². The lowest BCUT2D eigenvalue weighted by Crippen LogP contribution is -2.35. The van der Waals surface area contributed by atoms with Crippen LogP contribution in [0.3, 0.4) is 0 Å². The highest BCUT2D eigenvalue weighted by Crippen LogP contribution is 2.27. The SMILES string of the molecule is CN(C)C(=O)COc1cccc(Cl)c1CNC(C)(C)C. The summed E-state index contributed by atoms with van der Waals surface area (Å²) in [6, 6.07) is 5.47. The van der Waals surface area contributed by atoms with Gasteiger partial charge in [0.25, 0.3) is 5.91 Å². The number of nitrogens with zero attached hydrogens (tertiary/aromatic N) is 1. The van der Waals surface area contributed by atoms with Crippen molar-refractivity contribution in [3.05, 3.63) is 28.8 Å². The first-order valence-corrected chi connectivity index (χ1v) is 6.94. The van der Waals surface area contributed by atoms with E-state index >= 15 is 0 Å². The number of rotatable bonds is 5. The van der Waals surface area contributed by atoms with Crippen molar-refractivity contribution in [3.8, 4) is 5.75 Å². The van der Waals surface area contributed by atoms with E-state index in [2.05, 4.69) is 26.1 Å². The Labute approximate surface area is 126 Å². The first kappa shape index (κ1) is 16.8. The summed E-state index contributed by atoms with van der Waals surface area (Å²) >= 11 is 6.22. The van der Waals surface area contributed by atoms with Gasteiger partial charge in [0, 0.05) is 36.8 Å². The largest absolute Gasteiger partial charge is 0.483 e. The minimum atomic E-state index is -0.0836.